The van der Waals surface area contributed by atoms with Crippen molar-refractivity contribution in [2.75, 3.05) is 6.54 Å². The summed E-state index contributed by atoms with van der Waals surface area (Å²) >= 11 is 5.56. The van der Waals surface area contributed by atoms with Crippen LogP contribution in [-0.2, 0) is 22.7 Å². The van der Waals surface area contributed by atoms with Crippen molar-refractivity contribution < 1.29 is 26.0 Å². The summed E-state index contributed by atoms with van der Waals surface area (Å²) in [5.74, 6) is -1.97. The first kappa shape index (κ1) is 19.5. The highest BCUT2D eigenvalue weighted by Crippen LogP contribution is 2.30. The van der Waals surface area contributed by atoms with Crippen molar-refractivity contribution in [3.05, 3.63) is 53.2 Å². The van der Waals surface area contributed by atoms with E-state index in [1.807, 2.05) is 0 Å². The Morgan fingerprint density at radius 3 is 2.63 bits per heavy atom. The van der Waals surface area contributed by atoms with Crippen LogP contribution in [0.5, 0.6) is 0 Å². The maximum atomic E-state index is 13.2. The van der Waals surface area contributed by atoms with Gasteiger partial charge in [0.25, 0.3) is 0 Å². The third kappa shape index (κ3) is 4.04. The Kier molecular flexibility index (Phi) is 5.10. The molecule has 0 aliphatic heterocycles. The number of imidazole rings is 1. The molecule has 12 heteroatoms. The number of alkyl halides is 3. The molecule has 0 atom stereocenters. The summed E-state index contributed by atoms with van der Waals surface area (Å²) in [6, 6.07) is 5.61. The fraction of sp³-hybridized carbons (Fsp3) is 0.200. The van der Waals surface area contributed by atoms with Gasteiger partial charge in [0.05, 0.1) is 9.92 Å². The number of fused-ring (bicyclic) bond motifs is 1. The fourth-order valence-corrected chi connectivity index (χ4v) is 3.70. The van der Waals surface area contributed by atoms with Gasteiger partial charge in [-0.1, -0.05) is 11.6 Å². The van der Waals surface area contributed by atoms with Gasteiger partial charge in [-0.3, -0.25) is 0 Å². The Morgan fingerprint density at radius 2 is 1.96 bits per heavy atom. The summed E-state index contributed by atoms with van der Waals surface area (Å²) in [7, 11) is -4.09. The van der Waals surface area contributed by atoms with Crippen LogP contribution >= 0.6 is 11.6 Å². The van der Waals surface area contributed by atoms with Gasteiger partial charge in [0.15, 0.2) is 5.65 Å². The average Bonchev–Trinajstić information content (AvgIpc) is 2.96. The second-order valence-electron chi connectivity index (χ2n) is 5.40. The fourth-order valence-electron chi connectivity index (χ4n) is 2.41. The van der Waals surface area contributed by atoms with Crippen LogP contribution in [-0.4, -0.2) is 29.5 Å². The SMILES string of the molecule is O=S(=O)(NCCn1c(C(F)(F)F)nc2cccnc21)c1ccc(F)c(Cl)c1. The summed E-state index contributed by atoms with van der Waals surface area (Å²) < 4.78 is 80.1. The number of benzene rings is 1. The van der Waals surface area contributed by atoms with Crippen LogP contribution in [0.2, 0.25) is 5.02 Å². The number of hydrogen-bond acceptors (Lipinski definition) is 4. The second-order valence-corrected chi connectivity index (χ2v) is 7.58. The molecule has 1 N–H and O–H groups in total. The molecule has 0 aliphatic rings. The molecule has 0 amide bonds. The third-order valence-corrected chi connectivity index (χ3v) is 5.33. The van der Waals surface area contributed by atoms with Crippen molar-refractivity contribution in [2.24, 2.45) is 0 Å². The molecule has 2 aromatic heterocycles. The minimum atomic E-state index is -4.73. The van der Waals surface area contributed by atoms with Crippen molar-refractivity contribution in [1.82, 2.24) is 19.3 Å². The van der Waals surface area contributed by atoms with Crippen LogP contribution in [0.4, 0.5) is 17.6 Å². The van der Waals surface area contributed by atoms with Gasteiger partial charge in [0.2, 0.25) is 15.8 Å². The van der Waals surface area contributed by atoms with E-state index in [1.54, 1.807) is 0 Å². The average molecular weight is 423 g/mol. The minimum absolute atomic E-state index is 0.0196. The van der Waals surface area contributed by atoms with E-state index in [-0.39, 0.29) is 34.2 Å². The Balaban J connectivity index is 1.84. The molecule has 0 saturated carbocycles. The Hall–Kier alpha value is -2.24. The lowest BCUT2D eigenvalue weighted by Crippen LogP contribution is -2.29. The maximum Gasteiger partial charge on any atom is 0.449 e. The van der Waals surface area contributed by atoms with Crippen LogP contribution in [0, 0.1) is 5.82 Å². The largest absolute Gasteiger partial charge is 0.449 e. The zero-order chi connectivity index (χ0) is 19.8. The van der Waals surface area contributed by atoms with E-state index in [1.165, 1.54) is 18.3 Å². The Morgan fingerprint density at radius 1 is 1.22 bits per heavy atom. The highest BCUT2D eigenvalue weighted by molar-refractivity contribution is 7.89. The highest BCUT2D eigenvalue weighted by Gasteiger charge is 2.37. The van der Waals surface area contributed by atoms with Gasteiger partial charge in [0, 0.05) is 19.3 Å². The predicted octanol–water partition coefficient (Wildman–Crippen LogP) is 3.22. The number of nitrogens with one attached hydrogen (secondary N) is 1. The molecule has 0 fully saturated rings. The summed E-state index contributed by atoms with van der Waals surface area (Å²) in [5, 5.41) is -0.387. The molecule has 0 unspecified atom stereocenters. The number of nitrogens with zero attached hydrogens (tertiary/aromatic N) is 3. The molecule has 0 saturated heterocycles. The monoisotopic (exact) mass is 422 g/mol. The molecule has 0 aliphatic carbocycles. The molecule has 0 bridgehead atoms. The van der Waals surface area contributed by atoms with Crippen LogP contribution in [0.3, 0.4) is 0 Å². The van der Waals surface area contributed by atoms with E-state index in [0.717, 1.165) is 22.8 Å². The van der Waals surface area contributed by atoms with Crippen LogP contribution in [0.25, 0.3) is 11.2 Å². The molecule has 0 spiro atoms. The molecule has 6 nitrogen and oxygen atoms in total. The standard InChI is InChI=1S/C15H11ClF4N4O2S/c16-10-8-9(3-4-11(10)17)27(25,26)22-6-7-24-13-12(2-1-5-21-13)23-14(24)15(18,19)20/h1-5,8,22H,6-7H2. The van der Waals surface area contributed by atoms with E-state index in [0.29, 0.717) is 0 Å². The van der Waals surface area contributed by atoms with E-state index in [2.05, 4.69) is 14.7 Å². The number of hydrogen-bond donors (Lipinski definition) is 1. The lowest BCUT2D eigenvalue weighted by atomic mass is 10.3. The molecule has 3 rings (SSSR count). The lowest BCUT2D eigenvalue weighted by molar-refractivity contribution is -0.146. The van der Waals surface area contributed by atoms with Crippen LogP contribution in [0.15, 0.2) is 41.4 Å². The van der Waals surface area contributed by atoms with Gasteiger partial charge in [-0.15, -0.1) is 0 Å². The normalized spacial score (nSPS) is 12.6. The number of sulfonamides is 1. The van der Waals surface area contributed by atoms with Crippen molar-refractivity contribution in [3.8, 4) is 0 Å². The molecule has 1 aromatic carbocycles. The Bertz CT molecular complexity index is 1100. The quantitative estimate of drug-likeness (QED) is 0.640. The number of halogens is 5. The van der Waals surface area contributed by atoms with Crippen molar-refractivity contribution in [3.63, 3.8) is 0 Å². The highest BCUT2D eigenvalue weighted by atomic mass is 35.5. The minimum Gasteiger partial charge on any atom is -0.304 e. The van der Waals surface area contributed by atoms with Crippen LogP contribution < -0.4 is 4.72 Å². The van der Waals surface area contributed by atoms with Gasteiger partial charge in [-0.25, -0.2) is 27.5 Å². The summed E-state index contributed by atoms with van der Waals surface area (Å²) in [6.45, 7) is -0.737. The van der Waals surface area contributed by atoms with Gasteiger partial charge in [0.1, 0.15) is 11.3 Å². The summed E-state index contributed by atoms with van der Waals surface area (Å²) in [5.41, 5.74) is 0.0202. The molecule has 3 aromatic rings. The lowest BCUT2D eigenvalue weighted by Gasteiger charge is -2.12. The van der Waals surface area contributed by atoms with E-state index in [4.69, 9.17) is 11.6 Å². The second kappa shape index (κ2) is 7.06. The van der Waals surface area contributed by atoms with Crippen molar-refractivity contribution in [2.45, 2.75) is 17.6 Å². The molecule has 27 heavy (non-hydrogen) atoms. The van der Waals surface area contributed by atoms with Gasteiger partial charge < -0.3 is 4.57 Å². The van der Waals surface area contributed by atoms with Gasteiger partial charge in [-0.05, 0) is 30.3 Å². The first-order chi connectivity index (χ1) is 12.6. The molecule has 2 heterocycles. The van der Waals surface area contributed by atoms with Gasteiger partial charge in [-0.2, -0.15) is 13.2 Å². The molecule has 0 radical (unpaired) electrons. The molecular weight excluding hydrogens is 412 g/mol. The zero-order valence-corrected chi connectivity index (χ0v) is 14.9. The number of rotatable bonds is 5. The first-order valence-electron chi connectivity index (χ1n) is 7.43. The van der Waals surface area contributed by atoms with E-state index >= 15 is 0 Å². The third-order valence-electron chi connectivity index (χ3n) is 3.59. The summed E-state index contributed by atoms with van der Waals surface area (Å²) in [6.07, 6.45) is -3.42. The van der Waals surface area contributed by atoms with Gasteiger partial charge >= 0.3 is 6.18 Å². The number of aromatic nitrogens is 3. The predicted molar refractivity (Wildman–Crippen MR) is 89.1 cm³/mol. The molecule has 144 valence electrons. The Labute approximate surface area is 155 Å². The van der Waals surface area contributed by atoms with E-state index in [9.17, 15) is 26.0 Å². The first-order valence-corrected chi connectivity index (χ1v) is 9.29. The summed E-state index contributed by atoms with van der Waals surface area (Å²) in [4.78, 5) is 7.08. The number of pyridine rings is 1. The maximum absolute atomic E-state index is 13.2. The van der Waals surface area contributed by atoms with Crippen LogP contribution in [0.1, 0.15) is 5.82 Å². The van der Waals surface area contributed by atoms with Crippen molar-refractivity contribution in [1.29, 1.82) is 0 Å². The zero-order valence-electron chi connectivity index (χ0n) is 13.3. The topological polar surface area (TPSA) is 76.9 Å². The van der Waals surface area contributed by atoms with E-state index < -0.39 is 27.8 Å². The smallest absolute Gasteiger partial charge is 0.304 e. The van der Waals surface area contributed by atoms with Crippen molar-refractivity contribution >= 4 is 32.8 Å². The molecular formula is C15H11ClF4N4O2S.